The molecule has 0 aromatic carbocycles. The molecule has 1 saturated carbocycles. The molecule has 1 aromatic heterocycles. The maximum atomic E-state index is 9.34. The largest absolute Gasteiger partial charge is 0.396 e. The van der Waals surface area contributed by atoms with E-state index in [0.29, 0.717) is 18.6 Å². The molecule has 0 saturated heterocycles. The second-order valence-corrected chi connectivity index (χ2v) is 5.84. The van der Waals surface area contributed by atoms with Crippen molar-refractivity contribution in [3.05, 3.63) is 10.6 Å². The van der Waals surface area contributed by atoms with Gasteiger partial charge in [0.2, 0.25) is 0 Å². The van der Waals surface area contributed by atoms with Gasteiger partial charge in [0, 0.05) is 23.4 Å². The Balaban J connectivity index is 2.02. The number of aromatic nitrogens is 1. The minimum atomic E-state index is 0.293. The number of anilines is 1. The van der Waals surface area contributed by atoms with Crippen molar-refractivity contribution < 1.29 is 5.11 Å². The number of nitrogens with one attached hydrogen (secondary N) is 1. The van der Waals surface area contributed by atoms with Gasteiger partial charge in [0.1, 0.15) is 0 Å². The minimum Gasteiger partial charge on any atom is -0.396 e. The van der Waals surface area contributed by atoms with Gasteiger partial charge in [0.05, 0.1) is 5.69 Å². The maximum Gasteiger partial charge on any atom is 0.183 e. The summed E-state index contributed by atoms with van der Waals surface area (Å²) in [6.45, 7) is 4.44. The Bertz CT molecular complexity index is 331. The van der Waals surface area contributed by atoms with E-state index in [4.69, 9.17) is 0 Å². The van der Waals surface area contributed by atoms with E-state index >= 15 is 0 Å². The van der Waals surface area contributed by atoms with Gasteiger partial charge in [-0.25, -0.2) is 4.98 Å². The first kappa shape index (κ1) is 11.9. The van der Waals surface area contributed by atoms with Crippen LogP contribution < -0.4 is 5.32 Å². The van der Waals surface area contributed by atoms with E-state index in [9.17, 15) is 5.11 Å². The number of nitrogens with zero attached hydrogens (tertiary/aromatic N) is 1. The molecule has 2 unspecified atom stereocenters. The molecule has 0 bridgehead atoms. The average molecular weight is 240 g/mol. The van der Waals surface area contributed by atoms with E-state index in [1.807, 2.05) is 6.92 Å². The molecule has 1 aromatic rings. The third kappa shape index (κ3) is 2.55. The number of aliphatic hydroxyl groups is 1. The summed E-state index contributed by atoms with van der Waals surface area (Å²) in [6, 6.07) is 0.406. The molecule has 0 aliphatic heterocycles. The van der Waals surface area contributed by atoms with Crippen LogP contribution in [-0.4, -0.2) is 22.7 Å². The zero-order valence-corrected chi connectivity index (χ0v) is 10.8. The monoisotopic (exact) mass is 240 g/mol. The van der Waals surface area contributed by atoms with E-state index in [1.165, 1.54) is 17.7 Å². The fraction of sp³-hybridized carbons (Fsp3) is 0.750. The topological polar surface area (TPSA) is 45.2 Å². The number of hydrogen-bond acceptors (Lipinski definition) is 4. The van der Waals surface area contributed by atoms with Crippen molar-refractivity contribution in [3.8, 4) is 0 Å². The highest BCUT2D eigenvalue weighted by molar-refractivity contribution is 7.15. The maximum absolute atomic E-state index is 9.34. The summed E-state index contributed by atoms with van der Waals surface area (Å²) in [6.07, 6.45) is 4.80. The van der Waals surface area contributed by atoms with E-state index in [-0.39, 0.29) is 0 Å². The molecule has 90 valence electrons. The van der Waals surface area contributed by atoms with Crippen molar-refractivity contribution >= 4 is 16.5 Å². The molecule has 4 heteroatoms. The second kappa shape index (κ2) is 5.15. The second-order valence-electron chi connectivity index (χ2n) is 4.64. The van der Waals surface area contributed by atoms with Gasteiger partial charge in [-0.2, -0.15) is 0 Å². The Morgan fingerprint density at radius 3 is 2.75 bits per heavy atom. The zero-order chi connectivity index (χ0) is 11.5. The summed E-state index contributed by atoms with van der Waals surface area (Å²) >= 11 is 1.72. The van der Waals surface area contributed by atoms with Gasteiger partial charge in [0.15, 0.2) is 5.13 Å². The Labute approximate surface area is 101 Å². The third-order valence-corrected chi connectivity index (χ3v) is 4.49. The van der Waals surface area contributed by atoms with Crippen molar-refractivity contribution in [3.63, 3.8) is 0 Å². The van der Waals surface area contributed by atoms with Gasteiger partial charge < -0.3 is 10.4 Å². The minimum absolute atomic E-state index is 0.293. The smallest absolute Gasteiger partial charge is 0.183 e. The molecule has 1 heterocycles. The van der Waals surface area contributed by atoms with Crippen LogP contribution in [0.25, 0.3) is 0 Å². The first-order valence-electron chi connectivity index (χ1n) is 6.02. The van der Waals surface area contributed by atoms with Crippen molar-refractivity contribution in [1.29, 1.82) is 0 Å². The van der Waals surface area contributed by atoms with Crippen molar-refractivity contribution in [1.82, 2.24) is 4.98 Å². The van der Waals surface area contributed by atoms with Crippen LogP contribution in [0.2, 0.25) is 0 Å². The molecular weight excluding hydrogens is 220 g/mol. The van der Waals surface area contributed by atoms with Gasteiger partial charge >= 0.3 is 0 Å². The van der Waals surface area contributed by atoms with Gasteiger partial charge in [-0.3, -0.25) is 0 Å². The lowest BCUT2D eigenvalue weighted by atomic mass is 9.85. The highest BCUT2D eigenvalue weighted by atomic mass is 32.1. The van der Waals surface area contributed by atoms with E-state index in [1.54, 1.807) is 11.3 Å². The number of aryl methyl sites for hydroxylation is 2. The van der Waals surface area contributed by atoms with Crippen LogP contribution in [0.3, 0.4) is 0 Å². The van der Waals surface area contributed by atoms with Crippen molar-refractivity contribution in [2.45, 2.75) is 45.6 Å². The lowest BCUT2D eigenvalue weighted by molar-refractivity contribution is 0.178. The number of thiazole rings is 1. The van der Waals surface area contributed by atoms with Gasteiger partial charge in [-0.05, 0) is 26.7 Å². The summed E-state index contributed by atoms with van der Waals surface area (Å²) in [5.74, 6) is 0.401. The highest BCUT2D eigenvalue weighted by Gasteiger charge is 2.25. The van der Waals surface area contributed by atoms with E-state index in [0.717, 1.165) is 23.7 Å². The highest BCUT2D eigenvalue weighted by Crippen LogP contribution is 2.29. The quantitative estimate of drug-likeness (QED) is 0.854. The standard InChI is InChI=1S/C12H20N2OS/c1-8-9(2)16-12(13-8)14-11-6-4-3-5-10(11)7-15/h10-11,15H,3-7H2,1-2H3,(H,13,14). The lowest BCUT2D eigenvalue weighted by Crippen LogP contribution is -2.34. The number of aliphatic hydroxyl groups excluding tert-OH is 1. The molecular formula is C12H20N2OS. The van der Waals surface area contributed by atoms with Crippen LogP contribution >= 0.6 is 11.3 Å². The van der Waals surface area contributed by atoms with Gasteiger partial charge in [-0.1, -0.05) is 12.8 Å². The molecule has 1 aliphatic carbocycles. The fourth-order valence-corrected chi connectivity index (χ4v) is 3.19. The fourth-order valence-electron chi connectivity index (χ4n) is 2.31. The molecule has 2 atom stereocenters. The first-order chi connectivity index (χ1) is 7.70. The average Bonchev–Trinajstić information content (AvgIpc) is 2.59. The number of rotatable bonds is 3. The molecule has 0 amide bonds. The summed E-state index contributed by atoms with van der Waals surface area (Å²) in [4.78, 5) is 5.78. The predicted molar refractivity (Wildman–Crippen MR) is 68.0 cm³/mol. The Morgan fingerprint density at radius 1 is 1.38 bits per heavy atom. The molecule has 3 nitrogen and oxygen atoms in total. The summed E-state index contributed by atoms with van der Waals surface area (Å²) in [5.41, 5.74) is 1.11. The van der Waals surface area contributed by atoms with Crippen LogP contribution in [0.4, 0.5) is 5.13 Å². The van der Waals surface area contributed by atoms with Gasteiger partial charge in [-0.15, -0.1) is 11.3 Å². The van der Waals surface area contributed by atoms with Crippen molar-refractivity contribution in [2.75, 3.05) is 11.9 Å². The van der Waals surface area contributed by atoms with Crippen LogP contribution in [0.15, 0.2) is 0 Å². The summed E-state index contributed by atoms with van der Waals surface area (Å²) in [7, 11) is 0. The van der Waals surface area contributed by atoms with Crippen LogP contribution in [0.5, 0.6) is 0 Å². The van der Waals surface area contributed by atoms with Crippen LogP contribution in [0.1, 0.15) is 36.3 Å². The van der Waals surface area contributed by atoms with Crippen LogP contribution in [-0.2, 0) is 0 Å². The van der Waals surface area contributed by atoms with Crippen LogP contribution in [0, 0.1) is 19.8 Å². The molecule has 0 spiro atoms. The molecule has 1 fully saturated rings. The summed E-state index contributed by atoms with van der Waals surface area (Å²) < 4.78 is 0. The Morgan fingerprint density at radius 2 is 2.12 bits per heavy atom. The molecule has 2 N–H and O–H groups in total. The zero-order valence-electron chi connectivity index (χ0n) is 9.99. The lowest BCUT2D eigenvalue weighted by Gasteiger charge is -2.30. The van der Waals surface area contributed by atoms with Crippen molar-refractivity contribution in [2.24, 2.45) is 5.92 Å². The Kier molecular flexibility index (Phi) is 3.82. The normalized spacial score (nSPS) is 25.7. The van der Waals surface area contributed by atoms with Gasteiger partial charge in [0.25, 0.3) is 0 Å². The molecule has 0 radical (unpaired) electrons. The Hall–Kier alpha value is -0.610. The predicted octanol–water partition coefficient (Wildman–Crippen LogP) is 2.72. The molecule has 1 aliphatic rings. The summed E-state index contributed by atoms with van der Waals surface area (Å²) in [5, 5.41) is 13.8. The molecule has 2 rings (SSSR count). The van der Waals surface area contributed by atoms with E-state index in [2.05, 4.69) is 17.2 Å². The third-order valence-electron chi connectivity index (χ3n) is 3.48. The van der Waals surface area contributed by atoms with E-state index < -0.39 is 0 Å². The molecule has 16 heavy (non-hydrogen) atoms. The first-order valence-corrected chi connectivity index (χ1v) is 6.83. The SMILES string of the molecule is Cc1nc(NC2CCCCC2CO)sc1C. The number of hydrogen-bond donors (Lipinski definition) is 2.